The van der Waals surface area contributed by atoms with Crippen LogP contribution in [0.1, 0.15) is 27.7 Å². The second-order valence-electron chi connectivity index (χ2n) is 4.06. The fourth-order valence-corrected chi connectivity index (χ4v) is 1.40. The summed E-state index contributed by atoms with van der Waals surface area (Å²) in [4.78, 5) is 11.0. The maximum atomic E-state index is 11.0. The van der Waals surface area contributed by atoms with E-state index in [0.717, 1.165) is 0 Å². The first kappa shape index (κ1) is 17.4. The Balaban J connectivity index is 3.88. The van der Waals surface area contributed by atoms with Gasteiger partial charge in [0.15, 0.2) is 0 Å². The molecule has 5 heteroatoms. The number of rotatable bonds is 11. The zero-order valence-electron chi connectivity index (χ0n) is 11.9. The Bertz CT molecular complexity index is 208. The first-order valence-corrected chi connectivity index (χ1v) is 6.52. The fraction of sp³-hybridized carbons (Fsp3) is 0.923. The van der Waals surface area contributed by atoms with Gasteiger partial charge < -0.3 is 18.9 Å². The molecule has 18 heavy (non-hydrogen) atoms. The molecule has 0 saturated carbocycles. The molecule has 0 aliphatic heterocycles. The summed E-state index contributed by atoms with van der Waals surface area (Å²) in [7, 11) is 0. The topological polar surface area (TPSA) is 54.0 Å². The van der Waals surface area contributed by atoms with Gasteiger partial charge in [-0.05, 0) is 13.8 Å². The predicted molar refractivity (Wildman–Crippen MR) is 68.5 cm³/mol. The summed E-state index contributed by atoms with van der Waals surface area (Å²) in [5.74, 6) is -0.192. The largest absolute Gasteiger partial charge is 0.460 e. The third kappa shape index (κ3) is 9.39. The van der Waals surface area contributed by atoms with Gasteiger partial charge in [-0.3, -0.25) is 4.79 Å². The summed E-state index contributed by atoms with van der Waals surface area (Å²) >= 11 is 0. The van der Waals surface area contributed by atoms with Gasteiger partial charge in [0.1, 0.15) is 6.10 Å². The lowest BCUT2D eigenvalue weighted by Gasteiger charge is -2.23. The van der Waals surface area contributed by atoms with Crippen molar-refractivity contribution >= 4 is 5.97 Å². The Kier molecular flexibility index (Phi) is 11.0. The van der Waals surface area contributed by atoms with E-state index in [1.807, 2.05) is 20.8 Å². The molecule has 0 N–H and O–H groups in total. The van der Waals surface area contributed by atoms with E-state index in [2.05, 4.69) is 0 Å². The van der Waals surface area contributed by atoms with Crippen molar-refractivity contribution in [2.45, 2.75) is 33.8 Å². The molecule has 108 valence electrons. The van der Waals surface area contributed by atoms with E-state index >= 15 is 0 Å². The van der Waals surface area contributed by atoms with Crippen molar-refractivity contribution in [1.82, 2.24) is 0 Å². The molecule has 0 heterocycles. The van der Waals surface area contributed by atoms with Gasteiger partial charge in [0, 0.05) is 26.1 Å². The number of hydrogen-bond acceptors (Lipinski definition) is 5. The normalized spacial score (nSPS) is 14.2. The van der Waals surface area contributed by atoms with Gasteiger partial charge >= 0.3 is 5.97 Å². The molecular weight excluding hydrogens is 236 g/mol. The molecule has 0 aromatic rings. The zero-order chi connectivity index (χ0) is 13.8. The van der Waals surface area contributed by atoms with Crippen LogP contribution in [-0.2, 0) is 23.7 Å². The number of hydrogen-bond donors (Lipinski definition) is 0. The highest BCUT2D eigenvalue weighted by Crippen LogP contribution is 2.09. The van der Waals surface area contributed by atoms with Gasteiger partial charge in [0.25, 0.3) is 0 Å². The lowest BCUT2D eigenvalue weighted by Crippen LogP contribution is -2.32. The Morgan fingerprint density at radius 3 is 2.17 bits per heavy atom. The van der Waals surface area contributed by atoms with E-state index in [1.165, 1.54) is 6.92 Å². The average molecular weight is 262 g/mol. The lowest BCUT2D eigenvalue weighted by molar-refractivity contribution is -0.154. The standard InChI is InChI=1S/C13H26O5/c1-5-15-7-8-17-9-11(3)13(10-16-6-2)18-12(4)14/h11,13H,5-10H2,1-4H3. The summed E-state index contributed by atoms with van der Waals surface area (Å²) in [6.45, 7) is 10.6. The van der Waals surface area contributed by atoms with Crippen LogP contribution in [0.15, 0.2) is 0 Å². The average Bonchev–Trinajstić information content (AvgIpc) is 2.33. The maximum absolute atomic E-state index is 11.0. The van der Waals surface area contributed by atoms with Crippen LogP contribution in [-0.4, -0.2) is 51.7 Å². The van der Waals surface area contributed by atoms with Crippen LogP contribution >= 0.6 is 0 Å². The second-order valence-corrected chi connectivity index (χ2v) is 4.06. The molecule has 2 unspecified atom stereocenters. The maximum Gasteiger partial charge on any atom is 0.302 e. The zero-order valence-corrected chi connectivity index (χ0v) is 11.9. The van der Waals surface area contributed by atoms with E-state index < -0.39 is 0 Å². The minimum absolute atomic E-state index is 0.0991. The molecule has 0 radical (unpaired) electrons. The first-order valence-electron chi connectivity index (χ1n) is 6.52. The van der Waals surface area contributed by atoms with Crippen molar-refractivity contribution in [3.8, 4) is 0 Å². The molecular formula is C13H26O5. The molecule has 5 nitrogen and oxygen atoms in total. The molecule has 0 rings (SSSR count). The highest BCUT2D eigenvalue weighted by atomic mass is 16.6. The molecule has 0 aromatic heterocycles. The molecule has 2 atom stereocenters. The summed E-state index contributed by atoms with van der Waals surface area (Å²) in [6, 6.07) is 0. The minimum Gasteiger partial charge on any atom is -0.460 e. The summed E-state index contributed by atoms with van der Waals surface area (Å²) in [5.41, 5.74) is 0. The van der Waals surface area contributed by atoms with E-state index in [9.17, 15) is 4.79 Å². The number of carbonyl (C=O) groups excluding carboxylic acids is 1. The first-order chi connectivity index (χ1) is 8.61. The predicted octanol–water partition coefficient (Wildman–Crippen LogP) is 1.64. The van der Waals surface area contributed by atoms with Crippen molar-refractivity contribution < 1.29 is 23.7 Å². The third-order valence-electron chi connectivity index (χ3n) is 2.40. The van der Waals surface area contributed by atoms with Gasteiger partial charge in [0.05, 0.1) is 26.4 Å². The Morgan fingerprint density at radius 2 is 1.61 bits per heavy atom. The second kappa shape index (κ2) is 11.4. The van der Waals surface area contributed by atoms with Crippen LogP contribution in [0.3, 0.4) is 0 Å². The molecule has 0 aliphatic carbocycles. The van der Waals surface area contributed by atoms with Gasteiger partial charge in [-0.2, -0.15) is 0 Å². The quantitative estimate of drug-likeness (QED) is 0.418. The molecule has 0 aliphatic rings. The number of carbonyl (C=O) groups is 1. The van der Waals surface area contributed by atoms with Crippen LogP contribution in [0, 0.1) is 5.92 Å². The van der Waals surface area contributed by atoms with Crippen LogP contribution in [0.4, 0.5) is 0 Å². The van der Waals surface area contributed by atoms with Crippen LogP contribution in [0.25, 0.3) is 0 Å². The van der Waals surface area contributed by atoms with Gasteiger partial charge in [-0.25, -0.2) is 0 Å². The van der Waals surface area contributed by atoms with Gasteiger partial charge in [-0.15, -0.1) is 0 Å². The van der Waals surface area contributed by atoms with Crippen LogP contribution in [0.5, 0.6) is 0 Å². The lowest BCUT2D eigenvalue weighted by atomic mass is 10.1. The van der Waals surface area contributed by atoms with Crippen molar-refractivity contribution in [3.05, 3.63) is 0 Å². The highest BCUT2D eigenvalue weighted by molar-refractivity contribution is 5.66. The van der Waals surface area contributed by atoms with Gasteiger partial charge in [-0.1, -0.05) is 6.92 Å². The van der Waals surface area contributed by atoms with Crippen molar-refractivity contribution in [3.63, 3.8) is 0 Å². The van der Waals surface area contributed by atoms with Crippen molar-refractivity contribution in [2.24, 2.45) is 5.92 Å². The SMILES string of the molecule is CCOCCOCC(C)C(COCC)OC(C)=O. The van der Waals surface area contributed by atoms with E-state index in [4.69, 9.17) is 18.9 Å². The summed E-state index contributed by atoms with van der Waals surface area (Å²) < 4.78 is 21.2. The monoisotopic (exact) mass is 262 g/mol. The fourth-order valence-electron chi connectivity index (χ4n) is 1.40. The van der Waals surface area contributed by atoms with Crippen LogP contribution < -0.4 is 0 Å². The smallest absolute Gasteiger partial charge is 0.302 e. The van der Waals surface area contributed by atoms with E-state index in [0.29, 0.717) is 39.6 Å². The van der Waals surface area contributed by atoms with Crippen LogP contribution in [0.2, 0.25) is 0 Å². The van der Waals surface area contributed by atoms with E-state index in [1.54, 1.807) is 0 Å². The molecule has 0 saturated heterocycles. The number of ether oxygens (including phenoxy) is 4. The van der Waals surface area contributed by atoms with Crippen molar-refractivity contribution in [2.75, 3.05) is 39.6 Å². The molecule has 0 fully saturated rings. The minimum atomic E-state index is -0.291. The van der Waals surface area contributed by atoms with Gasteiger partial charge in [0.2, 0.25) is 0 Å². The number of esters is 1. The summed E-state index contributed by atoms with van der Waals surface area (Å²) in [5, 5.41) is 0. The summed E-state index contributed by atoms with van der Waals surface area (Å²) in [6.07, 6.45) is -0.255. The van der Waals surface area contributed by atoms with E-state index in [-0.39, 0.29) is 18.0 Å². The molecule has 0 spiro atoms. The molecule has 0 aromatic carbocycles. The Hall–Kier alpha value is -0.650. The Labute approximate surface area is 110 Å². The molecule has 0 amide bonds. The van der Waals surface area contributed by atoms with Crippen molar-refractivity contribution in [1.29, 1.82) is 0 Å². The molecule has 0 bridgehead atoms. The Morgan fingerprint density at radius 1 is 1.00 bits per heavy atom. The highest BCUT2D eigenvalue weighted by Gasteiger charge is 2.20. The third-order valence-corrected chi connectivity index (χ3v) is 2.40.